The van der Waals surface area contributed by atoms with Crippen molar-refractivity contribution < 1.29 is 9.72 Å². The minimum atomic E-state index is -0.464. The summed E-state index contributed by atoms with van der Waals surface area (Å²) in [4.78, 5) is 22.5. The molecule has 0 saturated carbocycles. The number of aromatic nitrogens is 3. The van der Waals surface area contributed by atoms with Gasteiger partial charge in [0.25, 0.3) is 11.6 Å². The second-order valence-electron chi connectivity index (χ2n) is 5.81. The maximum Gasteiger partial charge on any atom is 0.270 e. The average molecular weight is 475 g/mol. The summed E-state index contributed by atoms with van der Waals surface area (Å²) in [6, 6.07) is 13.7. The van der Waals surface area contributed by atoms with E-state index in [1.54, 1.807) is 30.0 Å². The average Bonchev–Trinajstić information content (AvgIpc) is 3.07. The zero-order valence-corrected chi connectivity index (χ0v) is 17.6. The number of hydrogen-bond donors (Lipinski definition) is 1. The van der Waals surface area contributed by atoms with Gasteiger partial charge in [0.15, 0.2) is 11.0 Å². The summed E-state index contributed by atoms with van der Waals surface area (Å²) in [6.07, 6.45) is 1.55. The molecule has 9 nitrogen and oxygen atoms in total. The Morgan fingerprint density at radius 3 is 2.86 bits per heavy atom. The van der Waals surface area contributed by atoms with E-state index in [4.69, 9.17) is 0 Å². The van der Waals surface area contributed by atoms with Gasteiger partial charge in [-0.3, -0.25) is 14.9 Å². The highest BCUT2D eigenvalue weighted by molar-refractivity contribution is 9.10. The summed E-state index contributed by atoms with van der Waals surface area (Å²) in [5.74, 6) is 0.280. The number of nitrogens with one attached hydrogen (secondary N) is 1. The molecule has 0 bridgehead atoms. The molecule has 0 radical (unpaired) electrons. The third-order valence-corrected chi connectivity index (χ3v) is 5.25. The van der Waals surface area contributed by atoms with Crippen molar-refractivity contribution in [2.45, 2.75) is 5.16 Å². The molecular weight excluding hydrogens is 460 g/mol. The predicted molar refractivity (Wildman–Crippen MR) is 114 cm³/mol. The molecule has 0 aliphatic rings. The van der Waals surface area contributed by atoms with Gasteiger partial charge in [-0.2, -0.15) is 5.10 Å². The van der Waals surface area contributed by atoms with E-state index in [1.165, 1.54) is 23.9 Å². The monoisotopic (exact) mass is 474 g/mol. The van der Waals surface area contributed by atoms with Crippen LogP contribution in [0, 0.1) is 10.1 Å². The molecule has 0 fully saturated rings. The third kappa shape index (κ3) is 5.48. The molecule has 0 spiro atoms. The SMILES string of the molecule is Cn1c(SCC(=O)N/N=C/c2cccc(Br)c2)nnc1-c1cccc([N+](=O)[O-])c1. The van der Waals surface area contributed by atoms with Gasteiger partial charge in [-0.1, -0.05) is 52.0 Å². The number of non-ortho nitro benzene ring substituents is 1. The van der Waals surface area contributed by atoms with Crippen LogP contribution in [-0.4, -0.2) is 37.6 Å². The molecule has 0 aliphatic heterocycles. The van der Waals surface area contributed by atoms with Crippen molar-refractivity contribution in [2.75, 3.05) is 5.75 Å². The predicted octanol–water partition coefficient (Wildman–Crippen LogP) is 3.40. The Morgan fingerprint density at radius 1 is 1.31 bits per heavy atom. The second-order valence-corrected chi connectivity index (χ2v) is 7.67. The molecule has 0 saturated heterocycles. The summed E-state index contributed by atoms with van der Waals surface area (Å²) in [7, 11) is 1.74. The third-order valence-electron chi connectivity index (χ3n) is 3.73. The number of nitrogens with zero attached hydrogens (tertiary/aromatic N) is 5. The van der Waals surface area contributed by atoms with Crippen LogP contribution in [0.3, 0.4) is 0 Å². The van der Waals surface area contributed by atoms with E-state index in [-0.39, 0.29) is 17.3 Å². The van der Waals surface area contributed by atoms with Crippen LogP contribution >= 0.6 is 27.7 Å². The molecule has 1 heterocycles. The Kier molecular flexibility index (Phi) is 6.73. The van der Waals surface area contributed by atoms with Gasteiger partial charge >= 0.3 is 0 Å². The number of benzene rings is 2. The maximum atomic E-state index is 12.0. The summed E-state index contributed by atoms with van der Waals surface area (Å²) in [5.41, 5.74) is 3.86. The first-order valence-corrected chi connectivity index (χ1v) is 10.1. The fourth-order valence-corrected chi connectivity index (χ4v) is 3.50. The number of thioether (sulfide) groups is 1. The Bertz CT molecular complexity index is 1080. The van der Waals surface area contributed by atoms with Crippen LogP contribution in [0.25, 0.3) is 11.4 Å². The molecule has 148 valence electrons. The lowest BCUT2D eigenvalue weighted by atomic mass is 10.2. The summed E-state index contributed by atoms with van der Waals surface area (Å²) in [5, 5.41) is 23.5. The zero-order valence-electron chi connectivity index (χ0n) is 15.2. The molecule has 0 unspecified atom stereocenters. The number of carbonyl (C=O) groups is 1. The number of carbonyl (C=O) groups excluding carboxylic acids is 1. The molecule has 1 aromatic heterocycles. The first-order valence-electron chi connectivity index (χ1n) is 8.28. The van der Waals surface area contributed by atoms with Crippen molar-refractivity contribution in [1.29, 1.82) is 0 Å². The number of amides is 1. The van der Waals surface area contributed by atoms with Gasteiger partial charge in [-0.25, -0.2) is 5.43 Å². The van der Waals surface area contributed by atoms with Gasteiger partial charge in [0.1, 0.15) is 0 Å². The molecule has 11 heteroatoms. The fourth-order valence-electron chi connectivity index (χ4n) is 2.38. The maximum absolute atomic E-state index is 12.0. The second kappa shape index (κ2) is 9.43. The quantitative estimate of drug-likeness (QED) is 0.243. The van der Waals surface area contributed by atoms with E-state index in [9.17, 15) is 14.9 Å². The summed E-state index contributed by atoms with van der Waals surface area (Å²) in [6.45, 7) is 0. The topological polar surface area (TPSA) is 115 Å². The molecule has 0 aliphatic carbocycles. The first kappa shape index (κ1) is 20.7. The van der Waals surface area contributed by atoms with Crippen molar-refractivity contribution in [3.8, 4) is 11.4 Å². The molecule has 3 rings (SSSR count). The van der Waals surface area contributed by atoms with Crippen molar-refractivity contribution >= 4 is 45.5 Å². The minimum absolute atomic E-state index is 0.0256. The molecular formula is C18H15BrN6O3S. The van der Waals surface area contributed by atoms with Crippen molar-refractivity contribution in [3.05, 3.63) is 68.7 Å². The zero-order chi connectivity index (χ0) is 20.8. The van der Waals surface area contributed by atoms with Crippen LogP contribution in [0.4, 0.5) is 5.69 Å². The van der Waals surface area contributed by atoms with E-state index in [1.807, 2.05) is 24.3 Å². The number of nitro benzene ring substituents is 1. The highest BCUT2D eigenvalue weighted by atomic mass is 79.9. The minimum Gasteiger partial charge on any atom is -0.305 e. The van der Waals surface area contributed by atoms with Crippen LogP contribution in [0.1, 0.15) is 5.56 Å². The van der Waals surface area contributed by atoms with E-state index in [0.717, 1.165) is 10.0 Å². The Hall–Kier alpha value is -3.05. The highest BCUT2D eigenvalue weighted by Crippen LogP contribution is 2.25. The molecule has 29 heavy (non-hydrogen) atoms. The first-order chi connectivity index (χ1) is 13.9. The summed E-state index contributed by atoms with van der Waals surface area (Å²) < 4.78 is 2.60. The largest absolute Gasteiger partial charge is 0.305 e. The number of nitro groups is 1. The lowest BCUT2D eigenvalue weighted by Crippen LogP contribution is -2.19. The van der Waals surface area contributed by atoms with Crippen LogP contribution in [0.15, 0.2) is 63.3 Å². The van der Waals surface area contributed by atoms with Crippen molar-refractivity contribution in [2.24, 2.45) is 12.1 Å². The Morgan fingerprint density at radius 2 is 2.10 bits per heavy atom. The van der Waals surface area contributed by atoms with Crippen molar-refractivity contribution in [1.82, 2.24) is 20.2 Å². The van der Waals surface area contributed by atoms with E-state index < -0.39 is 4.92 Å². The summed E-state index contributed by atoms with van der Waals surface area (Å²) >= 11 is 4.56. The number of hydrogen-bond acceptors (Lipinski definition) is 7. The van der Waals surface area contributed by atoms with E-state index >= 15 is 0 Å². The van der Waals surface area contributed by atoms with Gasteiger partial charge in [0.2, 0.25) is 0 Å². The van der Waals surface area contributed by atoms with Gasteiger partial charge < -0.3 is 4.57 Å². The van der Waals surface area contributed by atoms with Gasteiger partial charge in [0, 0.05) is 29.2 Å². The lowest BCUT2D eigenvalue weighted by Gasteiger charge is -2.04. The van der Waals surface area contributed by atoms with Gasteiger partial charge in [-0.05, 0) is 17.7 Å². The molecule has 0 atom stereocenters. The standard InChI is InChI=1S/C18H15BrN6O3S/c1-24-17(13-5-3-7-15(9-13)25(27)28)22-23-18(24)29-11-16(26)21-20-10-12-4-2-6-14(19)8-12/h2-10H,11H2,1H3,(H,21,26)/b20-10+. The molecule has 3 aromatic rings. The Labute approximate surface area is 178 Å². The van der Waals surface area contributed by atoms with Gasteiger partial charge in [0.05, 0.1) is 16.9 Å². The van der Waals surface area contributed by atoms with Crippen LogP contribution in [0.5, 0.6) is 0 Å². The molecule has 1 amide bonds. The smallest absolute Gasteiger partial charge is 0.270 e. The number of halogens is 1. The van der Waals surface area contributed by atoms with Crippen molar-refractivity contribution in [3.63, 3.8) is 0 Å². The van der Waals surface area contributed by atoms with Crippen LogP contribution in [0.2, 0.25) is 0 Å². The van der Waals surface area contributed by atoms with Crippen LogP contribution < -0.4 is 5.43 Å². The van der Waals surface area contributed by atoms with Crippen LogP contribution in [-0.2, 0) is 11.8 Å². The number of hydrazone groups is 1. The molecule has 2 aromatic carbocycles. The van der Waals surface area contributed by atoms with E-state index in [2.05, 4.69) is 36.7 Å². The van der Waals surface area contributed by atoms with E-state index in [0.29, 0.717) is 16.5 Å². The molecule has 1 N–H and O–H groups in total. The fraction of sp³-hybridized carbons (Fsp3) is 0.111. The highest BCUT2D eigenvalue weighted by Gasteiger charge is 2.15. The lowest BCUT2D eigenvalue weighted by molar-refractivity contribution is -0.384. The van der Waals surface area contributed by atoms with Gasteiger partial charge in [-0.15, -0.1) is 10.2 Å². The number of rotatable bonds is 7. The Balaban J connectivity index is 1.59. The normalized spacial score (nSPS) is 11.0.